The van der Waals surface area contributed by atoms with Gasteiger partial charge in [0, 0.05) is 17.1 Å². The Morgan fingerprint density at radius 2 is 2.40 bits per heavy atom. The molecule has 0 radical (unpaired) electrons. The van der Waals surface area contributed by atoms with E-state index in [1.807, 2.05) is 6.07 Å². The second-order valence-electron chi connectivity index (χ2n) is 4.41. The molecule has 0 aromatic carbocycles. The Morgan fingerprint density at radius 3 is 3.00 bits per heavy atom. The second kappa shape index (κ2) is 5.75. The van der Waals surface area contributed by atoms with Gasteiger partial charge in [0.15, 0.2) is 0 Å². The van der Waals surface area contributed by atoms with Crippen molar-refractivity contribution in [1.29, 1.82) is 5.26 Å². The van der Waals surface area contributed by atoms with Gasteiger partial charge in [-0.3, -0.25) is 14.3 Å². The molecule has 8 heteroatoms. The van der Waals surface area contributed by atoms with Crippen LogP contribution < -0.4 is 11.2 Å². The summed E-state index contributed by atoms with van der Waals surface area (Å²) >= 11 is 3.09. The van der Waals surface area contributed by atoms with E-state index in [9.17, 15) is 14.7 Å². The zero-order valence-corrected chi connectivity index (χ0v) is 12.0. The number of H-pyrrole nitrogens is 1. The van der Waals surface area contributed by atoms with Crippen LogP contribution in [0.1, 0.15) is 24.6 Å². The van der Waals surface area contributed by atoms with Crippen molar-refractivity contribution in [2.24, 2.45) is 0 Å². The molecule has 0 bridgehead atoms. The number of aliphatic hydroxyl groups excluding tert-OH is 1. The Kier molecular flexibility index (Phi) is 4.23. The van der Waals surface area contributed by atoms with Crippen LogP contribution >= 0.6 is 15.9 Å². The third-order valence-electron chi connectivity index (χ3n) is 3.07. The minimum Gasteiger partial charge on any atom is -0.390 e. The highest BCUT2D eigenvalue weighted by Crippen LogP contribution is 2.29. The second-order valence-corrected chi connectivity index (χ2v) is 5.37. The zero-order valence-electron chi connectivity index (χ0n) is 10.4. The van der Waals surface area contributed by atoms with Gasteiger partial charge >= 0.3 is 5.69 Å². The maximum atomic E-state index is 11.8. The Balaban J connectivity index is 2.38. The Labute approximate surface area is 122 Å². The maximum absolute atomic E-state index is 11.8. The minimum absolute atomic E-state index is 0.0355. The third kappa shape index (κ3) is 2.75. The first kappa shape index (κ1) is 14.7. The van der Waals surface area contributed by atoms with Crippen molar-refractivity contribution in [1.82, 2.24) is 9.55 Å². The summed E-state index contributed by atoms with van der Waals surface area (Å²) in [7, 11) is 0. The highest BCUT2D eigenvalue weighted by Gasteiger charge is 2.35. The number of aliphatic hydroxyl groups is 1. The summed E-state index contributed by atoms with van der Waals surface area (Å²) in [6.07, 6.45) is -0.656. The molecule has 3 atom stereocenters. The van der Waals surface area contributed by atoms with Crippen LogP contribution in [-0.4, -0.2) is 26.9 Å². The Morgan fingerprint density at radius 1 is 1.70 bits per heavy atom. The normalized spacial score (nSPS) is 25.4. The average molecular weight is 342 g/mol. The molecule has 1 aromatic rings. The van der Waals surface area contributed by atoms with Crippen LogP contribution in [0, 0.1) is 11.3 Å². The number of hydrogen-bond donors (Lipinski definition) is 2. The van der Waals surface area contributed by atoms with Crippen LogP contribution in [0.4, 0.5) is 0 Å². The molecule has 0 amide bonds. The van der Waals surface area contributed by atoms with Gasteiger partial charge in [-0.15, -0.1) is 0 Å². The Hall–Kier alpha value is -1.69. The van der Waals surface area contributed by atoms with Gasteiger partial charge in [0.1, 0.15) is 6.23 Å². The molecule has 1 saturated heterocycles. The van der Waals surface area contributed by atoms with Crippen LogP contribution in [0.25, 0.3) is 4.48 Å². The van der Waals surface area contributed by atoms with E-state index >= 15 is 0 Å². The highest BCUT2D eigenvalue weighted by molar-refractivity contribution is 9.15. The third-order valence-corrected chi connectivity index (χ3v) is 3.49. The fraction of sp³-hybridized carbons (Fsp3) is 0.417. The van der Waals surface area contributed by atoms with E-state index in [1.54, 1.807) is 0 Å². The molecule has 7 nitrogen and oxygen atoms in total. The van der Waals surface area contributed by atoms with Crippen molar-refractivity contribution in [2.45, 2.75) is 31.3 Å². The standard InChI is InChI=1S/C12H12BrN3O4/c1-6(13)7-5-16(12(19)15-11(7)18)10-4-8(17)9(20-10)2-3-14/h5,8-10,17H,1-2,4H2,(H,15,18,19)/t8-,9+,10+/m0/s1. The SMILES string of the molecule is C=C(Br)c1cn([C@H]2C[C@H](O)[C@@H](CC#N)O2)c(=O)[nH]c1=O. The lowest BCUT2D eigenvalue weighted by molar-refractivity contribution is -0.0175. The molecule has 1 aliphatic rings. The molecule has 2 rings (SSSR count). The summed E-state index contributed by atoms with van der Waals surface area (Å²) < 4.78 is 7.00. The first-order chi connectivity index (χ1) is 9.43. The molecular weight excluding hydrogens is 330 g/mol. The molecule has 1 aliphatic heterocycles. The fourth-order valence-electron chi connectivity index (χ4n) is 2.05. The molecule has 0 saturated carbocycles. The fourth-order valence-corrected chi connectivity index (χ4v) is 2.33. The highest BCUT2D eigenvalue weighted by atomic mass is 79.9. The van der Waals surface area contributed by atoms with Crippen LogP contribution in [0.5, 0.6) is 0 Å². The first-order valence-electron chi connectivity index (χ1n) is 5.84. The molecular formula is C12H12BrN3O4. The summed E-state index contributed by atoms with van der Waals surface area (Å²) in [5.74, 6) is 0. The quantitative estimate of drug-likeness (QED) is 0.830. The first-order valence-corrected chi connectivity index (χ1v) is 6.64. The van der Waals surface area contributed by atoms with Gasteiger partial charge < -0.3 is 9.84 Å². The van der Waals surface area contributed by atoms with E-state index < -0.39 is 29.7 Å². The number of aromatic nitrogens is 2. The number of nitrogens with zero attached hydrogens (tertiary/aromatic N) is 2. The summed E-state index contributed by atoms with van der Waals surface area (Å²) in [6.45, 7) is 3.59. The monoisotopic (exact) mass is 341 g/mol. The van der Waals surface area contributed by atoms with Crippen LogP contribution in [0.15, 0.2) is 22.4 Å². The molecule has 2 N–H and O–H groups in total. The number of hydrogen-bond acceptors (Lipinski definition) is 5. The molecule has 106 valence electrons. The summed E-state index contributed by atoms with van der Waals surface area (Å²) in [5, 5.41) is 18.4. The minimum atomic E-state index is -0.825. The molecule has 2 heterocycles. The number of ether oxygens (including phenoxy) is 1. The number of nitriles is 1. The molecule has 0 spiro atoms. The lowest BCUT2D eigenvalue weighted by Gasteiger charge is -2.14. The van der Waals surface area contributed by atoms with Crippen molar-refractivity contribution >= 4 is 20.4 Å². The van der Waals surface area contributed by atoms with E-state index in [0.717, 1.165) is 0 Å². The van der Waals surface area contributed by atoms with E-state index in [0.29, 0.717) is 4.48 Å². The van der Waals surface area contributed by atoms with E-state index in [1.165, 1.54) is 10.8 Å². The smallest absolute Gasteiger partial charge is 0.330 e. The molecule has 1 aromatic heterocycles. The molecule has 20 heavy (non-hydrogen) atoms. The van der Waals surface area contributed by atoms with Crippen molar-refractivity contribution in [3.63, 3.8) is 0 Å². The molecule has 0 aliphatic carbocycles. The van der Waals surface area contributed by atoms with Gasteiger partial charge in [-0.2, -0.15) is 5.26 Å². The number of nitrogens with one attached hydrogen (secondary N) is 1. The molecule has 0 unspecified atom stereocenters. The topological polar surface area (TPSA) is 108 Å². The van der Waals surface area contributed by atoms with E-state index in [2.05, 4.69) is 27.5 Å². The summed E-state index contributed by atoms with van der Waals surface area (Å²) in [4.78, 5) is 25.6. The summed E-state index contributed by atoms with van der Waals surface area (Å²) in [5.41, 5.74) is -0.992. The Bertz CT molecular complexity index is 687. The lowest BCUT2D eigenvalue weighted by Crippen LogP contribution is -2.33. The number of aromatic amines is 1. The maximum Gasteiger partial charge on any atom is 0.330 e. The number of halogens is 1. The van der Waals surface area contributed by atoms with Crippen molar-refractivity contribution in [2.75, 3.05) is 0 Å². The lowest BCUT2D eigenvalue weighted by atomic mass is 10.1. The van der Waals surface area contributed by atoms with Crippen LogP contribution in [0.3, 0.4) is 0 Å². The van der Waals surface area contributed by atoms with Crippen molar-refractivity contribution < 1.29 is 9.84 Å². The van der Waals surface area contributed by atoms with E-state index in [-0.39, 0.29) is 18.4 Å². The van der Waals surface area contributed by atoms with Crippen LogP contribution in [-0.2, 0) is 4.74 Å². The van der Waals surface area contributed by atoms with Gasteiger partial charge in [-0.25, -0.2) is 4.79 Å². The van der Waals surface area contributed by atoms with Crippen molar-refractivity contribution in [3.05, 3.63) is 39.2 Å². The van der Waals surface area contributed by atoms with Gasteiger partial charge in [-0.05, 0) is 0 Å². The average Bonchev–Trinajstić information content (AvgIpc) is 2.71. The van der Waals surface area contributed by atoms with Gasteiger partial charge in [-0.1, -0.05) is 22.5 Å². The largest absolute Gasteiger partial charge is 0.390 e. The van der Waals surface area contributed by atoms with Gasteiger partial charge in [0.25, 0.3) is 5.56 Å². The molecule has 1 fully saturated rings. The number of rotatable bonds is 3. The van der Waals surface area contributed by atoms with Crippen molar-refractivity contribution in [3.8, 4) is 6.07 Å². The van der Waals surface area contributed by atoms with Gasteiger partial charge in [0.2, 0.25) is 0 Å². The van der Waals surface area contributed by atoms with E-state index in [4.69, 9.17) is 10.00 Å². The predicted octanol–water partition coefficient (Wildman–Crippen LogP) is 0.464. The zero-order chi connectivity index (χ0) is 14.9. The summed E-state index contributed by atoms with van der Waals surface area (Å²) in [6, 6.07) is 1.91. The predicted molar refractivity (Wildman–Crippen MR) is 74.0 cm³/mol. The van der Waals surface area contributed by atoms with Crippen LogP contribution in [0.2, 0.25) is 0 Å². The van der Waals surface area contributed by atoms with Gasteiger partial charge in [0.05, 0.1) is 30.3 Å².